The number of thiophene rings is 1. The number of hydrogen-bond donors (Lipinski definition) is 1. The van der Waals surface area contributed by atoms with E-state index in [1.807, 2.05) is 30.3 Å². The van der Waals surface area contributed by atoms with Gasteiger partial charge in [0.25, 0.3) is 0 Å². The summed E-state index contributed by atoms with van der Waals surface area (Å²) < 4.78 is 0.740. The predicted octanol–water partition coefficient (Wildman–Crippen LogP) is 4.79. The van der Waals surface area contributed by atoms with Crippen LogP contribution < -0.4 is 5.32 Å². The number of carbonyl (C=O) groups is 1. The van der Waals surface area contributed by atoms with Crippen molar-refractivity contribution in [3.8, 4) is 0 Å². The molecule has 2 nitrogen and oxygen atoms in total. The Morgan fingerprint density at radius 2 is 2.05 bits per heavy atom. The Labute approximate surface area is 131 Å². The number of amides is 1. The van der Waals surface area contributed by atoms with Crippen molar-refractivity contribution in [1.29, 1.82) is 0 Å². The first kappa shape index (κ1) is 13.9. The maximum Gasteiger partial charge on any atom is 0.220 e. The third-order valence-electron chi connectivity index (χ3n) is 3.58. The van der Waals surface area contributed by atoms with E-state index in [1.54, 1.807) is 0 Å². The van der Waals surface area contributed by atoms with Gasteiger partial charge in [0.1, 0.15) is 0 Å². The molecule has 0 aliphatic carbocycles. The average Bonchev–Trinajstić information content (AvgIpc) is 2.85. The summed E-state index contributed by atoms with van der Waals surface area (Å²) in [5.74, 6) is 0.332. The van der Waals surface area contributed by atoms with Crippen molar-refractivity contribution in [2.45, 2.75) is 24.8 Å². The number of carbonyl (C=O) groups excluding carboxylic acids is 1. The van der Waals surface area contributed by atoms with Crippen LogP contribution in [0.1, 0.15) is 35.2 Å². The van der Waals surface area contributed by atoms with Crippen LogP contribution >= 0.6 is 34.5 Å². The van der Waals surface area contributed by atoms with Crippen molar-refractivity contribution in [1.82, 2.24) is 5.32 Å². The van der Waals surface area contributed by atoms with Gasteiger partial charge in [0.15, 0.2) is 0 Å². The molecule has 1 aromatic carbocycles. The molecule has 1 aliphatic heterocycles. The Kier molecular flexibility index (Phi) is 4.01. The lowest BCUT2D eigenvalue weighted by atomic mass is 9.84. The lowest BCUT2D eigenvalue weighted by molar-refractivity contribution is -0.123. The molecule has 3 rings (SSSR count). The number of piperidine rings is 1. The molecule has 0 unspecified atom stereocenters. The van der Waals surface area contributed by atoms with Gasteiger partial charge in [-0.05, 0) is 36.2 Å². The number of halogens is 2. The van der Waals surface area contributed by atoms with Gasteiger partial charge in [-0.25, -0.2) is 0 Å². The fourth-order valence-corrected chi connectivity index (χ4v) is 4.04. The summed E-state index contributed by atoms with van der Waals surface area (Å²) in [6.45, 7) is 0. The molecule has 2 heterocycles. The zero-order valence-corrected chi connectivity index (χ0v) is 12.9. The molecule has 104 valence electrons. The highest BCUT2D eigenvalue weighted by Crippen LogP contribution is 2.41. The Morgan fingerprint density at radius 1 is 1.20 bits per heavy atom. The zero-order valence-electron chi connectivity index (χ0n) is 10.6. The van der Waals surface area contributed by atoms with E-state index >= 15 is 0 Å². The number of rotatable bonds is 2. The molecule has 0 saturated carbocycles. The van der Waals surface area contributed by atoms with Gasteiger partial charge in [-0.15, -0.1) is 11.3 Å². The maximum absolute atomic E-state index is 11.7. The van der Waals surface area contributed by atoms with E-state index in [4.69, 9.17) is 23.2 Å². The summed E-state index contributed by atoms with van der Waals surface area (Å²) in [5, 5.41) is 3.81. The van der Waals surface area contributed by atoms with E-state index in [1.165, 1.54) is 11.3 Å². The molecule has 0 bridgehead atoms. The minimum absolute atomic E-state index is 0.0211. The predicted molar refractivity (Wildman–Crippen MR) is 83.6 cm³/mol. The van der Waals surface area contributed by atoms with E-state index in [9.17, 15) is 4.79 Å². The Balaban J connectivity index is 1.96. The summed E-state index contributed by atoms with van der Waals surface area (Å²) in [5.41, 5.74) is 1.16. The molecular formula is C15H13Cl2NOS. The third kappa shape index (κ3) is 2.85. The molecular weight excluding hydrogens is 313 g/mol. The van der Waals surface area contributed by atoms with Gasteiger partial charge in [-0.1, -0.05) is 35.3 Å². The molecule has 1 aliphatic rings. The van der Waals surface area contributed by atoms with Crippen LogP contribution in [0.15, 0.2) is 36.4 Å². The standard InChI is InChI=1S/C15H13Cl2NOS/c16-10-3-1-2-9(8-10)11-4-7-14(19)18-15(11)12-5-6-13(17)20-12/h1-3,5-6,8,11,15H,4,7H2,(H,18,19)/t11-,15+/m0/s1. The van der Waals surface area contributed by atoms with E-state index in [0.717, 1.165) is 26.2 Å². The van der Waals surface area contributed by atoms with Crippen molar-refractivity contribution in [2.24, 2.45) is 0 Å². The minimum Gasteiger partial charge on any atom is -0.348 e. The number of hydrogen-bond acceptors (Lipinski definition) is 2. The first-order valence-electron chi connectivity index (χ1n) is 6.43. The van der Waals surface area contributed by atoms with Gasteiger partial charge in [-0.2, -0.15) is 0 Å². The Hall–Kier alpha value is -1.03. The maximum atomic E-state index is 11.7. The number of benzene rings is 1. The molecule has 1 aromatic heterocycles. The van der Waals surface area contributed by atoms with Crippen LogP contribution in [0.3, 0.4) is 0 Å². The van der Waals surface area contributed by atoms with Crippen molar-refractivity contribution in [2.75, 3.05) is 0 Å². The van der Waals surface area contributed by atoms with Gasteiger partial charge in [0.2, 0.25) is 5.91 Å². The van der Waals surface area contributed by atoms with Crippen LogP contribution in [0, 0.1) is 0 Å². The largest absolute Gasteiger partial charge is 0.348 e. The van der Waals surface area contributed by atoms with E-state index in [2.05, 4.69) is 11.4 Å². The summed E-state index contributed by atoms with van der Waals surface area (Å²) in [6, 6.07) is 11.7. The third-order valence-corrected chi connectivity index (χ3v) is 5.13. The van der Waals surface area contributed by atoms with Crippen LogP contribution in [-0.2, 0) is 4.79 Å². The Morgan fingerprint density at radius 3 is 2.75 bits per heavy atom. The first-order valence-corrected chi connectivity index (χ1v) is 8.01. The SMILES string of the molecule is O=C1CC[C@@H](c2cccc(Cl)c2)[C@H](c2ccc(Cl)s2)N1. The fraction of sp³-hybridized carbons (Fsp3) is 0.267. The molecule has 0 radical (unpaired) electrons. The molecule has 1 N–H and O–H groups in total. The first-order chi connectivity index (χ1) is 9.63. The van der Waals surface area contributed by atoms with Crippen molar-refractivity contribution in [3.05, 3.63) is 56.2 Å². The van der Waals surface area contributed by atoms with Gasteiger partial charge in [0.05, 0.1) is 10.4 Å². The molecule has 0 spiro atoms. The van der Waals surface area contributed by atoms with Crippen molar-refractivity contribution >= 4 is 40.4 Å². The molecule has 2 aromatic rings. The normalized spacial score (nSPS) is 22.6. The summed E-state index contributed by atoms with van der Waals surface area (Å²) >= 11 is 13.6. The van der Waals surface area contributed by atoms with E-state index < -0.39 is 0 Å². The van der Waals surface area contributed by atoms with Gasteiger partial charge >= 0.3 is 0 Å². The summed E-state index contributed by atoms with van der Waals surface area (Å²) in [6.07, 6.45) is 1.37. The molecule has 1 fully saturated rings. The fourth-order valence-electron chi connectivity index (χ4n) is 2.66. The molecule has 20 heavy (non-hydrogen) atoms. The molecule has 2 atom stereocenters. The second kappa shape index (κ2) is 5.76. The van der Waals surface area contributed by atoms with Gasteiger partial charge in [-0.3, -0.25) is 4.79 Å². The average molecular weight is 326 g/mol. The highest BCUT2D eigenvalue weighted by atomic mass is 35.5. The second-order valence-electron chi connectivity index (χ2n) is 4.89. The van der Waals surface area contributed by atoms with Crippen molar-refractivity contribution < 1.29 is 4.79 Å². The lowest BCUT2D eigenvalue weighted by Gasteiger charge is -2.32. The minimum atomic E-state index is -0.0211. The molecule has 1 amide bonds. The Bertz CT molecular complexity index is 640. The van der Waals surface area contributed by atoms with Crippen LogP contribution in [0.2, 0.25) is 9.36 Å². The van der Waals surface area contributed by atoms with E-state index in [0.29, 0.717) is 6.42 Å². The van der Waals surface area contributed by atoms with E-state index in [-0.39, 0.29) is 17.9 Å². The van der Waals surface area contributed by atoms with Gasteiger partial charge in [0, 0.05) is 22.2 Å². The molecule has 1 saturated heterocycles. The monoisotopic (exact) mass is 325 g/mol. The second-order valence-corrected chi connectivity index (χ2v) is 7.07. The smallest absolute Gasteiger partial charge is 0.220 e. The van der Waals surface area contributed by atoms with Gasteiger partial charge < -0.3 is 5.32 Å². The van der Waals surface area contributed by atoms with Crippen LogP contribution in [-0.4, -0.2) is 5.91 Å². The zero-order chi connectivity index (χ0) is 14.1. The lowest BCUT2D eigenvalue weighted by Crippen LogP contribution is -2.37. The highest BCUT2D eigenvalue weighted by molar-refractivity contribution is 7.16. The quantitative estimate of drug-likeness (QED) is 0.845. The van der Waals surface area contributed by atoms with Crippen LogP contribution in [0.25, 0.3) is 0 Å². The summed E-state index contributed by atoms with van der Waals surface area (Å²) in [4.78, 5) is 12.8. The highest BCUT2D eigenvalue weighted by Gasteiger charge is 2.32. The van der Waals surface area contributed by atoms with Crippen LogP contribution in [0.4, 0.5) is 0 Å². The summed E-state index contributed by atoms with van der Waals surface area (Å²) in [7, 11) is 0. The molecule has 5 heteroatoms. The topological polar surface area (TPSA) is 29.1 Å². The van der Waals surface area contributed by atoms with Crippen molar-refractivity contribution in [3.63, 3.8) is 0 Å². The van der Waals surface area contributed by atoms with Crippen LogP contribution in [0.5, 0.6) is 0 Å². The number of nitrogens with one attached hydrogen (secondary N) is 1.